The minimum absolute atomic E-state index is 0.000380. The highest BCUT2D eigenvalue weighted by molar-refractivity contribution is 9.10. The SMILES string of the molecule is CCc1sc(C2C(C#N)=C(N)N(c3ccccc3F)C3=C2C(=O)CCC3)cc1Br. The molecule has 4 rings (SSSR count). The fourth-order valence-corrected chi connectivity index (χ4v) is 6.13. The summed E-state index contributed by atoms with van der Waals surface area (Å²) >= 11 is 5.16. The summed E-state index contributed by atoms with van der Waals surface area (Å²) in [6.07, 6.45) is 2.56. The minimum atomic E-state index is -0.507. The first-order chi connectivity index (χ1) is 14.0. The van der Waals surface area contributed by atoms with Gasteiger partial charge < -0.3 is 5.73 Å². The fourth-order valence-electron chi connectivity index (χ4n) is 4.09. The van der Waals surface area contributed by atoms with Gasteiger partial charge >= 0.3 is 0 Å². The fraction of sp³-hybridized carbons (Fsp3) is 0.273. The van der Waals surface area contributed by atoms with Crippen LogP contribution in [0.3, 0.4) is 0 Å². The van der Waals surface area contributed by atoms with E-state index in [1.165, 1.54) is 6.07 Å². The van der Waals surface area contributed by atoms with Crippen molar-refractivity contribution in [2.75, 3.05) is 4.90 Å². The highest BCUT2D eigenvalue weighted by Crippen LogP contribution is 2.49. The van der Waals surface area contributed by atoms with E-state index in [-0.39, 0.29) is 17.3 Å². The van der Waals surface area contributed by atoms with Gasteiger partial charge in [-0.1, -0.05) is 19.1 Å². The van der Waals surface area contributed by atoms with Gasteiger partial charge in [0.2, 0.25) is 0 Å². The molecule has 2 aromatic rings. The van der Waals surface area contributed by atoms with Gasteiger partial charge in [-0.2, -0.15) is 5.26 Å². The van der Waals surface area contributed by atoms with Crippen molar-refractivity contribution in [1.82, 2.24) is 0 Å². The highest BCUT2D eigenvalue weighted by atomic mass is 79.9. The number of para-hydroxylation sites is 1. The van der Waals surface area contributed by atoms with E-state index in [2.05, 4.69) is 28.9 Å². The van der Waals surface area contributed by atoms with E-state index < -0.39 is 11.7 Å². The van der Waals surface area contributed by atoms with Crippen LogP contribution in [0.4, 0.5) is 10.1 Å². The molecule has 1 aliphatic carbocycles. The largest absolute Gasteiger partial charge is 0.384 e. The zero-order chi connectivity index (χ0) is 20.7. The number of nitrogens with two attached hydrogens (primary N) is 1. The van der Waals surface area contributed by atoms with Gasteiger partial charge in [-0.15, -0.1) is 11.3 Å². The van der Waals surface area contributed by atoms with Crippen molar-refractivity contribution >= 4 is 38.7 Å². The molecule has 1 aromatic carbocycles. The summed E-state index contributed by atoms with van der Waals surface area (Å²) in [5.74, 6) is -0.755. The molecule has 148 valence electrons. The summed E-state index contributed by atoms with van der Waals surface area (Å²) in [5.41, 5.74) is 8.29. The van der Waals surface area contributed by atoms with Crippen LogP contribution in [-0.2, 0) is 11.2 Å². The predicted octanol–water partition coefficient (Wildman–Crippen LogP) is 5.52. The molecule has 0 fully saturated rings. The molecule has 2 aliphatic rings. The van der Waals surface area contributed by atoms with Gasteiger partial charge in [0, 0.05) is 31.9 Å². The lowest BCUT2D eigenvalue weighted by molar-refractivity contribution is -0.116. The van der Waals surface area contributed by atoms with E-state index in [0.29, 0.717) is 36.1 Å². The quantitative estimate of drug-likeness (QED) is 0.639. The molecule has 2 N–H and O–H groups in total. The lowest BCUT2D eigenvalue weighted by atomic mass is 9.78. The number of Topliss-reactive ketones (excluding diaryl/α,β-unsaturated/α-hetero) is 1. The maximum Gasteiger partial charge on any atom is 0.161 e. The number of halogens is 2. The van der Waals surface area contributed by atoms with E-state index in [1.807, 2.05) is 6.07 Å². The van der Waals surface area contributed by atoms with Crippen LogP contribution in [0.1, 0.15) is 41.9 Å². The van der Waals surface area contributed by atoms with Crippen molar-refractivity contribution in [3.8, 4) is 6.07 Å². The van der Waals surface area contributed by atoms with Crippen LogP contribution >= 0.6 is 27.3 Å². The number of nitrogens with zero attached hydrogens (tertiary/aromatic N) is 2. The number of thiophene rings is 1. The van der Waals surface area contributed by atoms with Crippen LogP contribution in [0.25, 0.3) is 0 Å². The normalized spacial score (nSPS) is 19.4. The van der Waals surface area contributed by atoms with Gasteiger partial charge in [-0.05, 0) is 53.4 Å². The molecule has 0 amide bonds. The lowest BCUT2D eigenvalue weighted by Crippen LogP contribution is -2.39. The molecule has 0 spiro atoms. The van der Waals surface area contributed by atoms with Crippen molar-refractivity contribution in [3.63, 3.8) is 0 Å². The van der Waals surface area contributed by atoms with Gasteiger partial charge in [0.1, 0.15) is 11.6 Å². The number of nitriles is 1. The molecule has 0 bridgehead atoms. The first-order valence-corrected chi connectivity index (χ1v) is 11.1. The Bertz CT molecular complexity index is 1110. The number of benzene rings is 1. The second-order valence-corrected chi connectivity index (χ2v) is 9.06. The Labute approximate surface area is 181 Å². The Morgan fingerprint density at radius 2 is 2.14 bits per heavy atom. The number of ketones is 1. The molecule has 7 heteroatoms. The lowest BCUT2D eigenvalue weighted by Gasteiger charge is -2.39. The number of carbonyl (C=O) groups excluding carboxylic acids is 1. The van der Waals surface area contributed by atoms with Crippen LogP contribution in [0.15, 0.2) is 57.5 Å². The average molecular weight is 472 g/mol. The van der Waals surface area contributed by atoms with Crippen LogP contribution < -0.4 is 10.6 Å². The molecule has 29 heavy (non-hydrogen) atoms. The standard InChI is InChI=1S/C22H19BrFN3OS/c1-2-18-13(23)10-19(29-18)20-12(11-25)22(26)27(15-7-4-3-6-14(15)24)16-8-5-9-17(28)21(16)20/h3-4,6-7,10,20H,2,5,8-9,26H2,1H3. The van der Waals surface area contributed by atoms with Crippen molar-refractivity contribution in [2.24, 2.45) is 5.73 Å². The predicted molar refractivity (Wildman–Crippen MR) is 116 cm³/mol. The third-order valence-corrected chi connectivity index (χ3v) is 7.70. The molecule has 0 saturated heterocycles. The summed E-state index contributed by atoms with van der Waals surface area (Å²) in [6.45, 7) is 2.06. The zero-order valence-corrected chi connectivity index (χ0v) is 18.2. The third kappa shape index (κ3) is 3.21. The monoisotopic (exact) mass is 471 g/mol. The Balaban J connectivity index is 1.98. The number of carbonyl (C=O) groups is 1. The molecular formula is C22H19BrFN3OS. The number of hydrogen-bond acceptors (Lipinski definition) is 5. The zero-order valence-electron chi connectivity index (χ0n) is 15.8. The van der Waals surface area contributed by atoms with Gasteiger partial charge in [-0.3, -0.25) is 9.69 Å². The number of rotatable bonds is 3. The average Bonchev–Trinajstić information content (AvgIpc) is 3.08. The van der Waals surface area contributed by atoms with Crippen molar-refractivity contribution in [3.05, 3.63) is 73.0 Å². The number of aryl methyl sites for hydroxylation is 1. The van der Waals surface area contributed by atoms with Crippen LogP contribution in [0, 0.1) is 17.1 Å². The van der Waals surface area contributed by atoms with Crippen molar-refractivity contribution in [1.29, 1.82) is 5.26 Å². The Hall–Kier alpha value is -2.43. The molecule has 2 heterocycles. The summed E-state index contributed by atoms with van der Waals surface area (Å²) in [7, 11) is 0. The van der Waals surface area contributed by atoms with Crippen molar-refractivity contribution in [2.45, 2.75) is 38.5 Å². The van der Waals surface area contributed by atoms with Crippen LogP contribution in [0.2, 0.25) is 0 Å². The van der Waals surface area contributed by atoms with Gasteiger partial charge in [-0.25, -0.2) is 4.39 Å². The van der Waals surface area contributed by atoms with Crippen molar-refractivity contribution < 1.29 is 9.18 Å². The van der Waals surface area contributed by atoms with E-state index >= 15 is 0 Å². The Kier molecular flexibility index (Phi) is 5.32. The molecular weight excluding hydrogens is 453 g/mol. The summed E-state index contributed by atoms with van der Waals surface area (Å²) in [4.78, 5) is 16.7. The van der Waals surface area contributed by atoms with Crippen LogP contribution in [-0.4, -0.2) is 5.78 Å². The van der Waals surface area contributed by atoms with E-state index in [0.717, 1.165) is 20.6 Å². The topological polar surface area (TPSA) is 70.1 Å². The van der Waals surface area contributed by atoms with E-state index in [9.17, 15) is 14.4 Å². The Morgan fingerprint density at radius 1 is 1.38 bits per heavy atom. The smallest absolute Gasteiger partial charge is 0.161 e. The van der Waals surface area contributed by atoms with Gasteiger partial charge in [0.25, 0.3) is 0 Å². The number of anilines is 1. The van der Waals surface area contributed by atoms with Gasteiger partial charge in [0.05, 0.1) is 23.2 Å². The molecule has 1 atom stereocenters. The molecule has 0 radical (unpaired) electrons. The maximum absolute atomic E-state index is 14.6. The first-order valence-electron chi connectivity index (χ1n) is 9.46. The molecule has 1 unspecified atom stereocenters. The second-order valence-electron chi connectivity index (χ2n) is 7.04. The minimum Gasteiger partial charge on any atom is -0.384 e. The summed E-state index contributed by atoms with van der Waals surface area (Å²) in [5, 5.41) is 9.99. The Morgan fingerprint density at radius 3 is 2.79 bits per heavy atom. The molecule has 0 saturated carbocycles. The van der Waals surface area contributed by atoms with E-state index in [1.54, 1.807) is 34.4 Å². The molecule has 4 nitrogen and oxygen atoms in total. The second kappa shape index (κ2) is 7.77. The maximum atomic E-state index is 14.6. The number of hydrogen-bond donors (Lipinski definition) is 1. The third-order valence-electron chi connectivity index (χ3n) is 5.39. The van der Waals surface area contributed by atoms with E-state index in [4.69, 9.17) is 5.73 Å². The molecule has 1 aliphatic heterocycles. The van der Waals surface area contributed by atoms with Crippen LogP contribution in [0.5, 0.6) is 0 Å². The summed E-state index contributed by atoms with van der Waals surface area (Å²) in [6, 6.07) is 10.5. The number of allylic oxidation sites excluding steroid dienone is 3. The highest BCUT2D eigenvalue weighted by Gasteiger charge is 2.41. The summed E-state index contributed by atoms with van der Waals surface area (Å²) < 4.78 is 15.6. The molecule has 1 aromatic heterocycles. The van der Waals surface area contributed by atoms with Gasteiger partial charge in [0.15, 0.2) is 5.78 Å². The first kappa shape index (κ1) is 19.9.